The quantitative estimate of drug-likeness (QED) is 0.308. The molecule has 2 saturated heterocycles. The molecule has 0 radical (unpaired) electrons. The van der Waals surface area contributed by atoms with Crippen molar-refractivity contribution in [2.75, 3.05) is 0 Å². The summed E-state index contributed by atoms with van der Waals surface area (Å²) in [7, 11) is 0. The van der Waals surface area contributed by atoms with E-state index in [9.17, 15) is 9.59 Å². The van der Waals surface area contributed by atoms with Gasteiger partial charge in [0.1, 0.15) is 17.5 Å². The molecule has 0 aliphatic carbocycles. The molecule has 2 fully saturated rings. The third-order valence-electron chi connectivity index (χ3n) is 8.60. The number of aryl methyl sites for hydroxylation is 1. The first-order valence-electron chi connectivity index (χ1n) is 13.8. The summed E-state index contributed by atoms with van der Waals surface area (Å²) in [4.78, 5) is 30.8. The molecule has 198 valence electrons. The maximum Gasteiger partial charge on any atom is 0.306 e. The fourth-order valence-corrected chi connectivity index (χ4v) is 6.78. The van der Waals surface area contributed by atoms with Crippen molar-refractivity contribution in [3.8, 4) is 0 Å². The predicted octanol–water partition coefficient (Wildman–Crippen LogP) is 7.88. The van der Waals surface area contributed by atoms with Crippen molar-refractivity contribution in [1.29, 1.82) is 0 Å². The molecule has 0 bridgehead atoms. The molecule has 1 aromatic carbocycles. The van der Waals surface area contributed by atoms with Crippen molar-refractivity contribution in [3.05, 3.63) is 28.8 Å². The number of benzene rings is 1. The van der Waals surface area contributed by atoms with E-state index in [0.29, 0.717) is 25.2 Å². The average molecular weight is 514 g/mol. The number of aromatic nitrogens is 1. The van der Waals surface area contributed by atoms with Gasteiger partial charge in [-0.2, -0.15) is 0 Å². The van der Waals surface area contributed by atoms with Crippen LogP contribution in [0.2, 0.25) is 0 Å². The first kappa shape index (κ1) is 27.3. The van der Waals surface area contributed by atoms with Crippen LogP contribution in [0.1, 0.15) is 116 Å². The lowest BCUT2D eigenvalue weighted by atomic mass is 9.79. The van der Waals surface area contributed by atoms with Gasteiger partial charge in [-0.05, 0) is 63.1 Å². The number of ether oxygens (including phenoxy) is 2. The van der Waals surface area contributed by atoms with Gasteiger partial charge in [0.15, 0.2) is 0 Å². The van der Waals surface area contributed by atoms with Gasteiger partial charge >= 0.3 is 5.97 Å². The summed E-state index contributed by atoms with van der Waals surface area (Å²) in [6.07, 6.45) is 7.62. The van der Waals surface area contributed by atoms with Gasteiger partial charge in [-0.3, -0.25) is 9.59 Å². The molecule has 3 heterocycles. The molecule has 6 heteroatoms. The summed E-state index contributed by atoms with van der Waals surface area (Å²) in [6.45, 7) is 12.6. The number of ketones is 1. The number of Topliss-reactive ketones (excluding diaryl/α,β-unsaturated/α-hetero) is 1. The van der Waals surface area contributed by atoms with Crippen molar-refractivity contribution < 1.29 is 19.1 Å². The summed E-state index contributed by atoms with van der Waals surface area (Å²) < 4.78 is 13.9. The van der Waals surface area contributed by atoms with E-state index in [0.717, 1.165) is 59.3 Å². The van der Waals surface area contributed by atoms with E-state index < -0.39 is 11.5 Å². The van der Waals surface area contributed by atoms with Crippen LogP contribution in [0.25, 0.3) is 10.2 Å². The molecule has 2 aromatic rings. The predicted molar refractivity (Wildman–Crippen MR) is 145 cm³/mol. The zero-order chi connectivity index (χ0) is 26.1. The smallest absolute Gasteiger partial charge is 0.306 e. The van der Waals surface area contributed by atoms with Gasteiger partial charge < -0.3 is 9.47 Å². The molecule has 0 spiro atoms. The number of rotatable bonds is 3. The Bertz CT molecular complexity index is 1110. The van der Waals surface area contributed by atoms with E-state index in [1.165, 1.54) is 0 Å². The highest BCUT2D eigenvalue weighted by Crippen LogP contribution is 2.58. The van der Waals surface area contributed by atoms with Crippen molar-refractivity contribution in [3.63, 3.8) is 0 Å². The van der Waals surface area contributed by atoms with Crippen LogP contribution in [0.5, 0.6) is 0 Å². The van der Waals surface area contributed by atoms with Crippen molar-refractivity contribution in [2.45, 2.75) is 123 Å². The number of epoxide rings is 1. The Hall–Kier alpha value is -1.79. The molecule has 4 atom stereocenters. The van der Waals surface area contributed by atoms with Crippen LogP contribution in [0.3, 0.4) is 0 Å². The number of carbonyl (C=O) groups is 2. The fraction of sp³-hybridized carbons (Fsp3) is 0.700. The van der Waals surface area contributed by atoms with Crippen LogP contribution < -0.4 is 0 Å². The Balaban J connectivity index is 1.64. The van der Waals surface area contributed by atoms with Crippen molar-refractivity contribution in [2.24, 2.45) is 11.3 Å². The molecular weight excluding hydrogens is 470 g/mol. The van der Waals surface area contributed by atoms with Crippen LogP contribution in [0.4, 0.5) is 0 Å². The van der Waals surface area contributed by atoms with E-state index in [1.54, 1.807) is 11.3 Å². The number of esters is 1. The highest BCUT2D eigenvalue weighted by atomic mass is 32.1. The van der Waals surface area contributed by atoms with Crippen LogP contribution >= 0.6 is 11.3 Å². The van der Waals surface area contributed by atoms with Crippen LogP contribution in [-0.4, -0.2) is 27.9 Å². The minimum atomic E-state index is -0.524. The molecule has 4 unspecified atom stereocenters. The first-order valence-corrected chi connectivity index (χ1v) is 14.6. The second kappa shape index (κ2) is 10.5. The largest absolute Gasteiger partial charge is 0.457 e. The molecule has 4 rings (SSSR count). The minimum Gasteiger partial charge on any atom is -0.457 e. The monoisotopic (exact) mass is 513 g/mol. The fourth-order valence-electron chi connectivity index (χ4n) is 5.97. The summed E-state index contributed by atoms with van der Waals surface area (Å²) in [6, 6.07) is 6.24. The number of hydrogen-bond acceptors (Lipinski definition) is 6. The zero-order valence-electron chi connectivity index (χ0n) is 22.9. The highest BCUT2D eigenvalue weighted by molar-refractivity contribution is 7.18. The van der Waals surface area contributed by atoms with Crippen molar-refractivity contribution >= 4 is 33.3 Å². The molecule has 2 aliphatic rings. The molecule has 2 aliphatic heterocycles. The second-order valence-corrected chi connectivity index (χ2v) is 13.3. The molecule has 0 amide bonds. The highest BCUT2D eigenvalue weighted by Gasteiger charge is 2.65. The van der Waals surface area contributed by atoms with Crippen LogP contribution in [0.15, 0.2) is 18.2 Å². The topological polar surface area (TPSA) is 68.8 Å². The molecule has 36 heavy (non-hydrogen) atoms. The summed E-state index contributed by atoms with van der Waals surface area (Å²) >= 11 is 1.67. The molecule has 0 N–H and O–H groups in total. The molecular formula is C30H43NO4S. The summed E-state index contributed by atoms with van der Waals surface area (Å²) in [5.41, 5.74) is 0.908. The van der Waals surface area contributed by atoms with Gasteiger partial charge in [0, 0.05) is 24.7 Å². The number of fused-ring (bicyclic) bond motifs is 2. The van der Waals surface area contributed by atoms with Gasteiger partial charge in [-0.1, -0.05) is 53.0 Å². The minimum absolute atomic E-state index is 0.205. The normalized spacial score (nSPS) is 32.2. The van der Waals surface area contributed by atoms with Crippen molar-refractivity contribution in [1.82, 2.24) is 4.98 Å². The van der Waals surface area contributed by atoms with E-state index in [-0.39, 0.29) is 29.4 Å². The SMILES string of the molecule is CCCC12CC(c3ccc4sc(C)nc4c3)OC(=O)CCC(C)(C)C(=O)CCC(C)CCCC1(C)O2. The number of thiazole rings is 1. The first-order chi connectivity index (χ1) is 17.0. The van der Waals surface area contributed by atoms with E-state index >= 15 is 0 Å². The van der Waals surface area contributed by atoms with Gasteiger partial charge in [0.2, 0.25) is 0 Å². The maximum atomic E-state index is 13.1. The maximum absolute atomic E-state index is 13.1. The standard InChI is InChI=1S/C30H43NO4S/c1-7-15-30-19-24(22-11-12-25-23(18-22)31-21(3)36-25)34-27(33)14-17-28(4,5)26(32)13-10-20(2)9-8-16-29(30,6)35-30/h11-12,18,20,24H,7-10,13-17,19H2,1-6H3. The molecule has 5 nitrogen and oxygen atoms in total. The van der Waals surface area contributed by atoms with Crippen LogP contribution in [-0.2, 0) is 19.1 Å². The van der Waals surface area contributed by atoms with E-state index in [4.69, 9.17) is 9.47 Å². The lowest BCUT2D eigenvalue weighted by Gasteiger charge is -2.27. The number of cyclic esters (lactones) is 1. The van der Waals surface area contributed by atoms with Gasteiger partial charge in [-0.15, -0.1) is 11.3 Å². The molecule has 1 aromatic heterocycles. The Labute approximate surface area is 220 Å². The summed E-state index contributed by atoms with van der Waals surface area (Å²) in [5.74, 6) is 0.506. The Kier molecular flexibility index (Phi) is 7.97. The van der Waals surface area contributed by atoms with Gasteiger partial charge in [0.05, 0.1) is 20.8 Å². The van der Waals surface area contributed by atoms with Crippen LogP contribution in [0, 0.1) is 18.3 Å². The average Bonchev–Trinajstić information content (AvgIpc) is 3.17. The number of hydrogen-bond donors (Lipinski definition) is 0. The Morgan fingerprint density at radius 2 is 1.89 bits per heavy atom. The summed E-state index contributed by atoms with van der Waals surface area (Å²) in [5, 5.41) is 1.03. The van der Waals surface area contributed by atoms with E-state index in [1.807, 2.05) is 20.8 Å². The number of nitrogens with zero attached hydrogens (tertiary/aromatic N) is 1. The molecule has 0 saturated carbocycles. The third-order valence-corrected chi connectivity index (χ3v) is 9.55. The Morgan fingerprint density at radius 1 is 1.11 bits per heavy atom. The van der Waals surface area contributed by atoms with Gasteiger partial charge in [-0.25, -0.2) is 4.98 Å². The Morgan fingerprint density at radius 3 is 2.64 bits per heavy atom. The zero-order valence-corrected chi connectivity index (χ0v) is 23.8. The lowest BCUT2D eigenvalue weighted by Crippen LogP contribution is -2.29. The van der Waals surface area contributed by atoms with Gasteiger partial charge in [0.25, 0.3) is 0 Å². The number of carbonyl (C=O) groups excluding carboxylic acids is 2. The third kappa shape index (κ3) is 5.85. The second-order valence-electron chi connectivity index (χ2n) is 12.1. The van der Waals surface area contributed by atoms with E-state index in [2.05, 4.69) is 44.0 Å². The lowest BCUT2D eigenvalue weighted by molar-refractivity contribution is -0.151.